The lowest BCUT2D eigenvalue weighted by Crippen LogP contribution is -2.45. The van der Waals surface area contributed by atoms with Gasteiger partial charge in [0.1, 0.15) is 96.1 Å². The van der Waals surface area contributed by atoms with E-state index in [1.54, 1.807) is 36.3 Å². The Morgan fingerprint density at radius 2 is 0.347 bits per heavy atom. The maximum atomic E-state index is 12.9. The molecule has 5 aromatic rings. The van der Waals surface area contributed by atoms with Crippen molar-refractivity contribution in [2.24, 2.45) is 5.73 Å². The normalized spacial score (nSPS) is 11.2. The number of benzene rings is 5. The lowest BCUT2D eigenvalue weighted by atomic mass is 10.1. The lowest BCUT2D eigenvalue weighted by Gasteiger charge is -2.28. The fraction of sp³-hybridized carbons (Fsp3) is 0.519. The van der Waals surface area contributed by atoms with Crippen LogP contribution in [0.15, 0.2) is 152 Å². The average Bonchev–Trinajstić information content (AvgIpc) is 0.907. The third kappa shape index (κ3) is 76.2. The molecule has 0 saturated carbocycles. The Balaban J connectivity index is 0.00000101. The van der Waals surface area contributed by atoms with Crippen LogP contribution >= 0.6 is 0 Å². The Labute approximate surface area is 877 Å². The molecule has 44 heteroatoms. The van der Waals surface area contributed by atoms with Crippen molar-refractivity contribution < 1.29 is 150 Å². The number of nitrogens with two attached hydrogens (primary N) is 1. The van der Waals surface area contributed by atoms with Crippen LogP contribution < -0.4 is 5.73 Å². The zero-order valence-corrected chi connectivity index (χ0v) is 88.5. The number of ether oxygens (including phenoxy) is 5. The Morgan fingerprint density at radius 3 is 0.513 bits per heavy atom. The topological polar surface area (TPSA) is 571 Å². The van der Waals surface area contributed by atoms with Gasteiger partial charge in [0.05, 0.1) is 138 Å². The maximum absolute atomic E-state index is 12.9. The van der Waals surface area contributed by atoms with Crippen molar-refractivity contribution >= 4 is 123 Å². The maximum Gasteiger partial charge on any atom is 0.323 e. The molecule has 1 unspecified atom stereocenters. The first-order valence-electron chi connectivity index (χ1n) is 48.9. The number of ketones is 11. The van der Waals surface area contributed by atoms with E-state index in [2.05, 4.69) is 0 Å². The van der Waals surface area contributed by atoms with Gasteiger partial charge in [-0.1, -0.05) is 152 Å². The molecule has 0 bridgehead atoms. The summed E-state index contributed by atoms with van der Waals surface area (Å²) in [6, 6.07) is 46.2. The van der Waals surface area contributed by atoms with Crippen LogP contribution in [0.25, 0.3) is 0 Å². The number of carbonyl (C=O) groups excluding carboxylic acids is 16. The van der Waals surface area contributed by atoms with Crippen molar-refractivity contribution in [1.29, 1.82) is 0 Å². The second-order valence-electron chi connectivity index (χ2n) is 36.1. The minimum atomic E-state index is -1.24. The van der Waals surface area contributed by atoms with Crippen molar-refractivity contribution in [3.8, 4) is 0 Å². The molecule has 828 valence electrons. The van der Waals surface area contributed by atoms with E-state index in [0.29, 0.717) is 65.4 Å². The molecule has 44 nitrogen and oxygen atoms in total. The molecule has 0 aliphatic rings. The Hall–Kier alpha value is -13.3. The third-order valence-corrected chi connectivity index (χ3v) is 20.8. The monoisotopic (exact) mass is 2100 g/mol. The van der Waals surface area contributed by atoms with Crippen molar-refractivity contribution in [2.45, 2.75) is 122 Å². The number of hydrogen-bond acceptors (Lipinski definition) is 39. The molecule has 0 aliphatic heterocycles. The van der Waals surface area contributed by atoms with Crippen LogP contribution in [0, 0.1) is 0 Å². The quantitative estimate of drug-likeness (QED) is 0.0241. The summed E-state index contributed by atoms with van der Waals surface area (Å²) >= 11 is 0. The fourth-order valence-corrected chi connectivity index (χ4v) is 14.5. The Bertz CT molecular complexity index is 4310. The summed E-state index contributed by atoms with van der Waals surface area (Å²) in [4.78, 5) is 263. The zero-order valence-electron chi connectivity index (χ0n) is 88.5. The SMILES string of the molecule is CC(=O)CN(CCN(CC(=O)OCc1ccccc1)CC(=O)OCc1ccccc1)CCN(CC(=O)OCc1ccccc1)CC(=O)OCc1ccccc1.CC(=O)CN(CCN(CC(C)=O)CC(C)=O)CCN(CC(C)=O)CC(C)=O.CC(=O)CN(CCN(CC(C)=O)CC(C)=O)CCN(CC(C)=O)CC(C)=O.CCOC(=O)C(N)Cc1ccccc1.O=C(O)CN(CCN(CC(=O)O)CC(=O)O)CCN(CC(=O)O)CC(=O)O. The number of nitrogens with zero attached hydrogens (tertiary/aromatic N) is 12. The van der Waals surface area contributed by atoms with Crippen molar-refractivity contribution in [1.82, 2.24) is 58.8 Å². The first-order chi connectivity index (χ1) is 70.9. The van der Waals surface area contributed by atoms with Gasteiger partial charge in [0.15, 0.2) is 0 Å². The Morgan fingerprint density at radius 1 is 0.207 bits per heavy atom. The van der Waals surface area contributed by atoms with E-state index in [0.717, 1.165) is 37.6 Å². The summed E-state index contributed by atoms with van der Waals surface area (Å²) in [5, 5.41) is 44.1. The zero-order chi connectivity index (χ0) is 112. The number of hydrogen-bond donors (Lipinski definition) is 6. The highest BCUT2D eigenvalue weighted by molar-refractivity contribution is 5.85. The molecule has 0 fully saturated rings. The number of carboxylic acid groups (broad SMARTS) is 5. The highest BCUT2D eigenvalue weighted by Gasteiger charge is 2.27. The summed E-state index contributed by atoms with van der Waals surface area (Å²) in [6.07, 6.45) is 0.527. The number of carbonyl (C=O) groups is 21. The van der Waals surface area contributed by atoms with Crippen LogP contribution in [0.1, 0.15) is 111 Å². The molecule has 0 heterocycles. The summed E-state index contributed by atoms with van der Waals surface area (Å²) in [7, 11) is 0. The second-order valence-corrected chi connectivity index (χ2v) is 36.1. The van der Waals surface area contributed by atoms with Crippen molar-refractivity contribution in [3.63, 3.8) is 0 Å². The predicted molar refractivity (Wildman–Crippen MR) is 553 cm³/mol. The van der Waals surface area contributed by atoms with E-state index in [1.165, 1.54) is 81.1 Å². The van der Waals surface area contributed by atoms with E-state index in [4.69, 9.17) is 55.0 Å². The second kappa shape index (κ2) is 79.7. The van der Waals surface area contributed by atoms with Crippen LogP contribution in [-0.2, 0) is 157 Å². The fourth-order valence-electron chi connectivity index (χ4n) is 14.5. The molecule has 0 aromatic heterocycles. The molecular formula is C106H153N13O31. The van der Waals surface area contributed by atoms with Gasteiger partial charge >= 0.3 is 59.7 Å². The number of carboxylic acids is 5. The van der Waals surface area contributed by atoms with Crippen LogP contribution in [0.2, 0.25) is 0 Å². The summed E-state index contributed by atoms with van der Waals surface area (Å²) < 4.78 is 26.8. The average molecular weight is 2110 g/mol. The van der Waals surface area contributed by atoms with Crippen LogP contribution in [-0.4, -0.2) is 456 Å². The molecule has 7 N–H and O–H groups in total. The van der Waals surface area contributed by atoms with Crippen molar-refractivity contribution in [3.05, 3.63) is 179 Å². The molecule has 0 aliphatic carbocycles. The Kier molecular flexibility index (Phi) is 71.6. The molecule has 0 saturated heterocycles. The largest absolute Gasteiger partial charge is 0.480 e. The first kappa shape index (κ1) is 135. The van der Waals surface area contributed by atoms with Gasteiger partial charge in [-0.05, 0) is 117 Å². The van der Waals surface area contributed by atoms with Gasteiger partial charge in [0, 0.05) is 105 Å². The molecular weight excluding hydrogens is 1950 g/mol. The first-order valence-corrected chi connectivity index (χ1v) is 48.9. The molecule has 0 amide bonds. The van der Waals surface area contributed by atoms with Crippen LogP contribution in [0.3, 0.4) is 0 Å². The minimum Gasteiger partial charge on any atom is -0.480 e. The van der Waals surface area contributed by atoms with Gasteiger partial charge in [0.25, 0.3) is 0 Å². The number of Topliss-reactive ketones (excluding diaryl/α,β-unsaturated/α-hetero) is 11. The van der Waals surface area contributed by atoms with Crippen LogP contribution in [0.4, 0.5) is 0 Å². The minimum absolute atomic E-state index is 0.000836. The molecule has 150 heavy (non-hydrogen) atoms. The molecule has 0 spiro atoms. The molecule has 5 aromatic carbocycles. The van der Waals surface area contributed by atoms with Gasteiger partial charge in [0.2, 0.25) is 0 Å². The van der Waals surface area contributed by atoms with Gasteiger partial charge in [-0.2, -0.15) is 0 Å². The highest BCUT2D eigenvalue weighted by Crippen LogP contribution is 2.12. The summed E-state index contributed by atoms with van der Waals surface area (Å²) in [5.74, 6) is -8.87. The van der Waals surface area contributed by atoms with Gasteiger partial charge in [-0.25, -0.2) is 0 Å². The molecule has 1 atom stereocenters. The van der Waals surface area contributed by atoms with Crippen molar-refractivity contribution in [2.75, 3.05) is 242 Å². The van der Waals surface area contributed by atoms with Gasteiger partial charge < -0.3 is 55.0 Å². The van der Waals surface area contributed by atoms with E-state index in [9.17, 15) is 101 Å². The predicted octanol–water partition coefficient (Wildman–Crippen LogP) is 2.56. The van der Waals surface area contributed by atoms with E-state index < -0.39 is 92.5 Å². The van der Waals surface area contributed by atoms with Crippen LogP contribution in [0.5, 0.6) is 0 Å². The van der Waals surface area contributed by atoms with Gasteiger partial charge in [-0.3, -0.25) is 159 Å². The van der Waals surface area contributed by atoms with Gasteiger partial charge in [-0.15, -0.1) is 0 Å². The van der Waals surface area contributed by atoms with E-state index >= 15 is 0 Å². The highest BCUT2D eigenvalue weighted by atomic mass is 16.6. The van der Waals surface area contributed by atoms with E-state index in [-0.39, 0.29) is 247 Å². The molecule has 5 rings (SSSR count). The summed E-state index contributed by atoms with van der Waals surface area (Å²) in [6.45, 7) is 22.2. The summed E-state index contributed by atoms with van der Waals surface area (Å²) in [5.41, 5.74) is 10.0. The lowest BCUT2D eigenvalue weighted by molar-refractivity contribution is -0.151. The smallest absolute Gasteiger partial charge is 0.323 e. The number of esters is 5. The third-order valence-electron chi connectivity index (χ3n) is 20.8. The van der Waals surface area contributed by atoms with E-state index in [1.807, 2.05) is 166 Å². The number of rotatable bonds is 76. The standard InChI is InChI=1S/C43H49N3O9.2C19H33N3O5.C14H23N3O10.C11H15NO2/c1-35(47)26-44(22-24-45(27-40(48)52-31-36-14-6-2-7-15-36)28-41(49)53-32-37-16-8-3-9-17-37)23-25-46(29-42(50)54-33-38-18-10-4-11-19-38)30-43(51)55-34-39-20-12-5-13-21-39;2*1-15(23)10-20(6-8-21(11-16(2)24)12-17(3)25)7-9-22(13-18(4)26)14-19(5)27;18-10(19)5-15(1-3-16(6-11(20)21)7-12(22)23)2-4-17(8-13(24)25)9-14(26)27;1-2-14-11(13)10(12)8-9-6-4-3-5-7-9/h2-21H,22-34H2,1H3;2*6-14H2,1-5H3;1-9H2,(H,18,19)(H,20,21)(H,22,23)(H,24,25)(H,26,27);3-7,10H,2,8,12H2,1H3. The number of aliphatic carboxylic acids is 5. The molecule has 0 radical (unpaired) electrons.